The summed E-state index contributed by atoms with van der Waals surface area (Å²) in [5.41, 5.74) is 2.81. The lowest BCUT2D eigenvalue weighted by atomic mass is 10.2. The number of nitrogens with zero attached hydrogens (tertiary/aromatic N) is 2. The van der Waals surface area contributed by atoms with Crippen LogP contribution in [0.4, 0.5) is 0 Å². The summed E-state index contributed by atoms with van der Waals surface area (Å²) in [6, 6.07) is 0.524. The lowest BCUT2D eigenvalue weighted by Gasteiger charge is -2.04. The molecule has 3 rings (SSSR count). The van der Waals surface area contributed by atoms with Crippen LogP contribution in [0.15, 0.2) is 4.79 Å². The monoisotopic (exact) mass is 224 g/mol. The number of rotatable bonds is 1. The molecule has 0 N–H and O–H groups in total. The van der Waals surface area contributed by atoms with Gasteiger partial charge in [-0.3, -0.25) is 9.13 Å². The van der Waals surface area contributed by atoms with E-state index in [1.54, 1.807) is 0 Å². The Bertz CT molecular complexity index is 442. The molecule has 3 nitrogen and oxygen atoms in total. The first-order valence-corrected chi connectivity index (χ1v) is 6.81. The van der Waals surface area contributed by atoms with Crippen molar-refractivity contribution in [3.63, 3.8) is 0 Å². The van der Waals surface area contributed by atoms with Gasteiger partial charge in [0.05, 0.1) is 5.69 Å². The zero-order chi connectivity index (χ0) is 10.4. The van der Waals surface area contributed by atoms with E-state index in [9.17, 15) is 4.79 Å². The second-order valence-corrected chi connectivity index (χ2v) is 5.60. The maximum absolute atomic E-state index is 12.1. The van der Waals surface area contributed by atoms with Crippen molar-refractivity contribution < 1.29 is 0 Å². The van der Waals surface area contributed by atoms with Crippen LogP contribution >= 0.6 is 11.8 Å². The van der Waals surface area contributed by atoms with Gasteiger partial charge in [-0.25, -0.2) is 4.79 Å². The highest BCUT2D eigenvalue weighted by atomic mass is 32.2. The minimum Gasteiger partial charge on any atom is -0.298 e. The van der Waals surface area contributed by atoms with Gasteiger partial charge in [0.2, 0.25) is 0 Å². The smallest absolute Gasteiger partial charge is 0.298 e. The van der Waals surface area contributed by atoms with Crippen molar-refractivity contribution in [1.29, 1.82) is 0 Å². The molecule has 0 spiro atoms. The Balaban J connectivity index is 2.17. The summed E-state index contributed by atoms with van der Waals surface area (Å²) in [5.74, 6) is 2.24. The van der Waals surface area contributed by atoms with Gasteiger partial charge < -0.3 is 0 Å². The molecule has 0 bridgehead atoms. The minimum absolute atomic E-state index is 0.213. The molecule has 82 valence electrons. The molecule has 0 aromatic carbocycles. The van der Waals surface area contributed by atoms with Crippen molar-refractivity contribution in [1.82, 2.24) is 9.13 Å². The SMILES string of the molecule is Cn1c2c(n(C3CC3)c1=O)CCCSC2. The summed E-state index contributed by atoms with van der Waals surface area (Å²) in [6.07, 6.45) is 4.70. The highest BCUT2D eigenvalue weighted by Crippen LogP contribution is 2.36. The first kappa shape index (κ1) is 9.58. The molecule has 1 fully saturated rings. The number of fused-ring (bicyclic) bond motifs is 1. The molecular weight excluding hydrogens is 208 g/mol. The topological polar surface area (TPSA) is 26.9 Å². The predicted octanol–water partition coefficient (Wildman–Crippen LogP) is 1.70. The number of aromatic nitrogens is 2. The molecule has 4 heteroatoms. The van der Waals surface area contributed by atoms with Gasteiger partial charge >= 0.3 is 5.69 Å². The summed E-state index contributed by atoms with van der Waals surface area (Å²) in [7, 11) is 1.92. The van der Waals surface area contributed by atoms with Gasteiger partial charge in [0.15, 0.2) is 0 Å². The van der Waals surface area contributed by atoms with Crippen LogP contribution in [0.5, 0.6) is 0 Å². The minimum atomic E-state index is 0.213. The second-order valence-electron chi connectivity index (χ2n) is 4.49. The largest absolute Gasteiger partial charge is 0.328 e. The van der Waals surface area contributed by atoms with E-state index < -0.39 is 0 Å². The van der Waals surface area contributed by atoms with Crippen LogP contribution in [-0.2, 0) is 19.2 Å². The maximum Gasteiger partial charge on any atom is 0.328 e. The fraction of sp³-hybridized carbons (Fsp3) is 0.727. The molecule has 1 aromatic heterocycles. The molecule has 15 heavy (non-hydrogen) atoms. The molecule has 1 aliphatic heterocycles. The molecular formula is C11H16N2OS. The van der Waals surface area contributed by atoms with Gasteiger partial charge in [-0.1, -0.05) is 0 Å². The summed E-state index contributed by atoms with van der Waals surface area (Å²) < 4.78 is 3.94. The summed E-state index contributed by atoms with van der Waals surface area (Å²) in [5, 5.41) is 0. The molecule has 0 atom stereocenters. The quantitative estimate of drug-likeness (QED) is 0.726. The van der Waals surface area contributed by atoms with Gasteiger partial charge in [0.1, 0.15) is 0 Å². The molecule has 2 aliphatic rings. The fourth-order valence-electron chi connectivity index (χ4n) is 2.39. The molecule has 0 unspecified atom stereocenters. The van der Waals surface area contributed by atoms with Crippen molar-refractivity contribution in [3.8, 4) is 0 Å². The lowest BCUT2D eigenvalue weighted by Crippen LogP contribution is -2.23. The van der Waals surface area contributed by atoms with Crippen LogP contribution in [0, 0.1) is 0 Å². The highest BCUT2D eigenvalue weighted by molar-refractivity contribution is 7.98. The van der Waals surface area contributed by atoms with Gasteiger partial charge in [-0.2, -0.15) is 11.8 Å². The van der Waals surface area contributed by atoms with E-state index in [2.05, 4.69) is 4.57 Å². The molecule has 1 aliphatic carbocycles. The Kier molecular flexibility index (Phi) is 2.20. The molecule has 1 saturated carbocycles. The average molecular weight is 224 g/mol. The third-order valence-corrected chi connectivity index (χ3v) is 4.43. The first-order valence-electron chi connectivity index (χ1n) is 5.65. The van der Waals surface area contributed by atoms with E-state index in [0.717, 1.165) is 12.2 Å². The third kappa shape index (κ3) is 1.46. The zero-order valence-electron chi connectivity index (χ0n) is 9.03. The fourth-order valence-corrected chi connectivity index (χ4v) is 3.44. The van der Waals surface area contributed by atoms with Crippen LogP contribution in [-0.4, -0.2) is 14.9 Å². The standard InChI is InChI=1S/C11H16N2OS/c1-12-10-7-15-6-2-3-9(10)13(11(12)14)8-4-5-8/h8H,2-7H2,1H3. The van der Waals surface area contributed by atoms with E-state index in [-0.39, 0.29) is 5.69 Å². The van der Waals surface area contributed by atoms with E-state index in [1.807, 2.05) is 23.4 Å². The first-order chi connectivity index (χ1) is 7.29. The Labute approximate surface area is 93.5 Å². The Morgan fingerprint density at radius 3 is 2.87 bits per heavy atom. The van der Waals surface area contributed by atoms with Gasteiger partial charge in [-0.15, -0.1) is 0 Å². The Hall–Kier alpha value is -0.640. The van der Waals surface area contributed by atoms with Gasteiger partial charge in [0.25, 0.3) is 0 Å². The maximum atomic E-state index is 12.1. The van der Waals surface area contributed by atoms with Crippen molar-refractivity contribution in [2.45, 2.75) is 37.5 Å². The third-order valence-electron chi connectivity index (χ3n) is 3.37. The van der Waals surface area contributed by atoms with Crippen molar-refractivity contribution >= 4 is 11.8 Å². The highest BCUT2D eigenvalue weighted by Gasteiger charge is 2.30. The van der Waals surface area contributed by atoms with Crippen molar-refractivity contribution in [2.24, 2.45) is 7.05 Å². The molecule has 0 saturated heterocycles. The lowest BCUT2D eigenvalue weighted by molar-refractivity contribution is 0.644. The van der Waals surface area contributed by atoms with Crippen molar-refractivity contribution in [3.05, 3.63) is 21.9 Å². The molecule has 0 radical (unpaired) electrons. The number of thioether (sulfide) groups is 1. The van der Waals surface area contributed by atoms with E-state index >= 15 is 0 Å². The summed E-state index contributed by atoms with van der Waals surface area (Å²) in [4.78, 5) is 12.1. The Morgan fingerprint density at radius 1 is 1.33 bits per heavy atom. The van der Waals surface area contributed by atoms with Gasteiger partial charge in [-0.05, 0) is 31.4 Å². The van der Waals surface area contributed by atoms with Crippen LogP contribution < -0.4 is 5.69 Å². The van der Waals surface area contributed by atoms with Crippen LogP contribution in [0.25, 0.3) is 0 Å². The number of imidazole rings is 1. The van der Waals surface area contributed by atoms with Crippen molar-refractivity contribution in [2.75, 3.05) is 5.75 Å². The van der Waals surface area contributed by atoms with E-state index in [0.29, 0.717) is 6.04 Å². The normalized spacial score (nSPS) is 21.1. The zero-order valence-corrected chi connectivity index (χ0v) is 9.85. The number of hydrogen-bond acceptors (Lipinski definition) is 2. The van der Waals surface area contributed by atoms with Crippen LogP contribution in [0.2, 0.25) is 0 Å². The summed E-state index contributed by atoms with van der Waals surface area (Å²) >= 11 is 1.95. The average Bonchev–Trinajstić information content (AvgIpc) is 3.01. The molecule has 2 heterocycles. The Morgan fingerprint density at radius 2 is 2.13 bits per heavy atom. The van der Waals surface area contributed by atoms with Crippen LogP contribution in [0.3, 0.4) is 0 Å². The summed E-state index contributed by atoms with van der Waals surface area (Å²) in [6.45, 7) is 0. The molecule has 0 amide bonds. The predicted molar refractivity (Wildman–Crippen MR) is 62.4 cm³/mol. The second kappa shape index (κ2) is 3.44. The van der Waals surface area contributed by atoms with Gasteiger partial charge in [0, 0.05) is 24.5 Å². The van der Waals surface area contributed by atoms with Crippen LogP contribution in [0.1, 0.15) is 36.7 Å². The van der Waals surface area contributed by atoms with E-state index in [1.165, 1.54) is 36.4 Å². The van der Waals surface area contributed by atoms with E-state index in [4.69, 9.17) is 0 Å². The molecule has 1 aromatic rings. The number of hydrogen-bond donors (Lipinski definition) is 0.